The molecular weight excluding hydrogens is 333 g/mol. The number of aromatic nitrogens is 2. The SMILES string of the molecule is O=C(c1ccccc1F)N1CCCC(c2nnc(C3CCCCC3)o2)C1. The third kappa shape index (κ3) is 3.50. The van der Waals surface area contributed by atoms with Crippen LogP contribution in [0.4, 0.5) is 4.39 Å². The molecule has 1 atom stereocenters. The number of likely N-dealkylation sites (tertiary alicyclic amines) is 1. The molecule has 6 heteroatoms. The van der Waals surface area contributed by atoms with Gasteiger partial charge in [-0.3, -0.25) is 4.79 Å². The summed E-state index contributed by atoms with van der Waals surface area (Å²) in [5, 5.41) is 8.55. The first-order chi connectivity index (χ1) is 12.7. The molecule has 4 rings (SSSR count). The molecule has 1 amide bonds. The number of hydrogen-bond acceptors (Lipinski definition) is 4. The van der Waals surface area contributed by atoms with Gasteiger partial charge < -0.3 is 9.32 Å². The summed E-state index contributed by atoms with van der Waals surface area (Å²) in [6, 6.07) is 6.14. The molecule has 0 spiro atoms. The van der Waals surface area contributed by atoms with E-state index in [1.165, 1.54) is 31.4 Å². The molecule has 0 N–H and O–H groups in total. The average Bonchev–Trinajstić information content (AvgIpc) is 3.19. The van der Waals surface area contributed by atoms with E-state index >= 15 is 0 Å². The second kappa shape index (κ2) is 7.56. The number of benzene rings is 1. The highest BCUT2D eigenvalue weighted by Crippen LogP contribution is 2.34. The van der Waals surface area contributed by atoms with Crippen LogP contribution in [0.5, 0.6) is 0 Å². The van der Waals surface area contributed by atoms with Crippen molar-refractivity contribution in [3.8, 4) is 0 Å². The number of piperidine rings is 1. The third-order valence-electron chi connectivity index (χ3n) is 5.57. The van der Waals surface area contributed by atoms with Gasteiger partial charge in [-0.05, 0) is 37.8 Å². The normalized spacial score (nSPS) is 21.7. The molecule has 5 nitrogen and oxygen atoms in total. The van der Waals surface area contributed by atoms with Gasteiger partial charge >= 0.3 is 0 Å². The maximum atomic E-state index is 13.9. The first-order valence-electron chi connectivity index (χ1n) is 9.59. The van der Waals surface area contributed by atoms with E-state index in [9.17, 15) is 9.18 Å². The van der Waals surface area contributed by atoms with Gasteiger partial charge in [0, 0.05) is 19.0 Å². The monoisotopic (exact) mass is 357 g/mol. The van der Waals surface area contributed by atoms with Crippen LogP contribution < -0.4 is 0 Å². The number of hydrogen-bond donors (Lipinski definition) is 0. The van der Waals surface area contributed by atoms with E-state index in [0.29, 0.717) is 24.9 Å². The number of carbonyl (C=O) groups is 1. The molecule has 2 heterocycles. The van der Waals surface area contributed by atoms with Crippen LogP contribution in [0.3, 0.4) is 0 Å². The van der Waals surface area contributed by atoms with Gasteiger partial charge in [0.25, 0.3) is 5.91 Å². The largest absolute Gasteiger partial charge is 0.425 e. The number of amides is 1. The molecule has 1 saturated carbocycles. The lowest BCUT2D eigenvalue weighted by Gasteiger charge is -2.31. The van der Waals surface area contributed by atoms with E-state index in [1.807, 2.05) is 0 Å². The average molecular weight is 357 g/mol. The zero-order valence-corrected chi connectivity index (χ0v) is 14.9. The molecule has 1 aliphatic carbocycles. The lowest BCUT2D eigenvalue weighted by atomic mass is 9.89. The van der Waals surface area contributed by atoms with Crippen molar-refractivity contribution in [3.05, 3.63) is 47.4 Å². The van der Waals surface area contributed by atoms with Crippen molar-refractivity contribution in [2.75, 3.05) is 13.1 Å². The molecule has 0 radical (unpaired) electrons. The summed E-state index contributed by atoms with van der Waals surface area (Å²) in [6.07, 6.45) is 7.72. The zero-order valence-electron chi connectivity index (χ0n) is 14.9. The fraction of sp³-hybridized carbons (Fsp3) is 0.550. The van der Waals surface area contributed by atoms with Crippen LogP contribution in [-0.4, -0.2) is 34.1 Å². The molecule has 2 aromatic rings. The number of nitrogens with zero attached hydrogens (tertiary/aromatic N) is 3. The predicted molar refractivity (Wildman–Crippen MR) is 94.4 cm³/mol. The van der Waals surface area contributed by atoms with E-state index in [1.54, 1.807) is 17.0 Å². The standard InChI is InChI=1S/C20H24FN3O2/c21-17-11-5-4-10-16(17)20(25)24-12-6-9-15(13-24)19-23-22-18(26-19)14-7-2-1-3-8-14/h4-5,10-11,14-15H,1-3,6-9,12-13H2. The highest BCUT2D eigenvalue weighted by molar-refractivity contribution is 5.94. The maximum Gasteiger partial charge on any atom is 0.256 e. The van der Waals surface area contributed by atoms with Gasteiger partial charge in [0.05, 0.1) is 11.5 Å². The van der Waals surface area contributed by atoms with Crippen molar-refractivity contribution in [3.63, 3.8) is 0 Å². The molecule has 1 aliphatic heterocycles. The minimum absolute atomic E-state index is 0.0318. The van der Waals surface area contributed by atoms with Gasteiger partial charge in [0.2, 0.25) is 11.8 Å². The van der Waals surface area contributed by atoms with Gasteiger partial charge in [-0.1, -0.05) is 31.4 Å². The Morgan fingerprint density at radius 2 is 1.69 bits per heavy atom. The van der Waals surface area contributed by atoms with Gasteiger partial charge in [-0.2, -0.15) is 0 Å². The predicted octanol–water partition coefficient (Wildman–Crippen LogP) is 4.28. The molecule has 2 aliphatic rings. The van der Waals surface area contributed by atoms with Gasteiger partial charge in [-0.15, -0.1) is 10.2 Å². The van der Waals surface area contributed by atoms with Crippen LogP contribution >= 0.6 is 0 Å². The second-order valence-corrected chi connectivity index (χ2v) is 7.38. The van der Waals surface area contributed by atoms with Gasteiger partial charge in [0.15, 0.2) is 0 Å². The lowest BCUT2D eigenvalue weighted by Crippen LogP contribution is -2.39. The Balaban J connectivity index is 1.46. The number of halogens is 1. The first-order valence-corrected chi connectivity index (χ1v) is 9.59. The van der Waals surface area contributed by atoms with Crippen LogP contribution in [0.25, 0.3) is 0 Å². The molecule has 2 fully saturated rings. The summed E-state index contributed by atoms with van der Waals surface area (Å²) in [6.45, 7) is 1.13. The fourth-order valence-electron chi connectivity index (χ4n) is 4.09. The van der Waals surface area contributed by atoms with Crippen LogP contribution in [0, 0.1) is 5.82 Å². The van der Waals surface area contributed by atoms with E-state index in [2.05, 4.69) is 10.2 Å². The lowest BCUT2D eigenvalue weighted by molar-refractivity contribution is 0.0692. The van der Waals surface area contributed by atoms with E-state index in [-0.39, 0.29) is 17.4 Å². The van der Waals surface area contributed by atoms with Crippen LogP contribution in [-0.2, 0) is 0 Å². The fourth-order valence-corrected chi connectivity index (χ4v) is 4.09. The molecule has 1 aromatic heterocycles. The van der Waals surface area contributed by atoms with Gasteiger partial charge in [0.1, 0.15) is 5.82 Å². The minimum Gasteiger partial charge on any atom is -0.425 e. The number of carbonyl (C=O) groups excluding carboxylic acids is 1. The summed E-state index contributed by atoms with van der Waals surface area (Å²) in [5.41, 5.74) is 0.126. The van der Waals surface area contributed by atoms with Crippen molar-refractivity contribution >= 4 is 5.91 Å². The topological polar surface area (TPSA) is 59.2 Å². The zero-order chi connectivity index (χ0) is 17.9. The highest BCUT2D eigenvalue weighted by Gasteiger charge is 2.31. The van der Waals surface area contributed by atoms with E-state index in [4.69, 9.17) is 4.42 Å². The van der Waals surface area contributed by atoms with E-state index in [0.717, 1.165) is 31.6 Å². The van der Waals surface area contributed by atoms with Crippen molar-refractivity contribution in [1.82, 2.24) is 15.1 Å². The Morgan fingerprint density at radius 1 is 1.00 bits per heavy atom. The third-order valence-corrected chi connectivity index (χ3v) is 5.57. The molecule has 1 aromatic carbocycles. The quantitative estimate of drug-likeness (QED) is 0.823. The molecule has 26 heavy (non-hydrogen) atoms. The van der Waals surface area contributed by atoms with Crippen molar-refractivity contribution in [1.29, 1.82) is 0 Å². The summed E-state index contributed by atoms with van der Waals surface area (Å²) in [5.74, 6) is 1.04. The Bertz CT molecular complexity index is 770. The van der Waals surface area contributed by atoms with E-state index < -0.39 is 5.82 Å². The number of rotatable bonds is 3. The first kappa shape index (κ1) is 17.2. The van der Waals surface area contributed by atoms with Gasteiger partial charge in [-0.25, -0.2) is 4.39 Å². The molecule has 1 unspecified atom stereocenters. The molecule has 1 saturated heterocycles. The second-order valence-electron chi connectivity index (χ2n) is 7.38. The Kier molecular flexibility index (Phi) is 5.00. The maximum absolute atomic E-state index is 13.9. The summed E-state index contributed by atoms with van der Waals surface area (Å²) < 4.78 is 19.9. The molecule has 0 bridgehead atoms. The Morgan fingerprint density at radius 3 is 2.46 bits per heavy atom. The Hall–Kier alpha value is -2.24. The van der Waals surface area contributed by atoms with Crippen LogP contribution in [0.15, 0.2) is 28.7 Å². The van der Waals surface area contributed by atoms with Crippen molar-refractivity contribution in [2.24, 2.45) is 0 Å². The van der Waals surface area contributed by atoms with Crippen molar-refractivity contribution < 1.29 is 13.6 Å². The Labute approximate surface area is 152 Å². The highest BCUT2D eigenvalue weighted by atomic mass is 19.1. The summed E-state index contributed by atoms with van der Waals surface area (Å²) in [7, 11) is 0. The smallest absolute Gasteiger partial charge is 0.256 e. The van der Waals surface area contributed by atoms with Crippen LogP contribution in [0.1, 0.15) is 78.9 Å². The summed E-state index contributed by atoms with van der Waals surface area (Å²) >= 11 is 0. The molecule has 138 valence electrons. The van der Waals surface area contributed by atoms with Crippen LogP contribution in [0.2, 0.25) is 0 Å². The molecular formula is C20H24FN3O2. The minimum atomic E-state index is -0.475. The summed E-state index contributed by atoms with van der Waals surface area (Å²) in [4.78, 5) is 14.4. The van der Waals surface area contributed by atoms with Crippen molar-refractivity contribution in [2.45, 2.75) is 56.8 Å².